The van der Waals surface area contributed by atoms with E-state index < -0.39 is 0 Å². The monoisotopic (exact) mass is 376 g/mol. The topological polar surface area (TPSA) is 60.1 Å². The van der Waals surface area contributed by atoms with Crippen LogP contribution in [0, 0.1) is 0 Å². The Morgan fingerprint density at radius 3 is 2.50 bits per heavy atom. The average molecular weight is 377 g/mol. The zero-order valence-electron chi connectivity index (χ0n) is 15.3. The van der Waals surface area contributed by atoms with E-state index in [1.165, 1.54) is 9.25 Å². The molecule has 0 bridgehead atoms. The van der Waals surface area contributed by atoms with Gasteiger partial charge in [0.15, 0.2) is 0 Å². The molecule has 140 valence electrons. The molecule has 6 nitrogen and oxygen atoms in total. The highest BCUT2D eigenvalue weighted by Crippen LogP contribution is 2.27. The summed E-state index contributed by atoms with van der Waals surface area (Å²) in [7, 11) is 0. The lowest BCUT2D eigenvalue weighted by molar-refractivity contribution is -0.132. The first-order chi connectivity index (χ1) is 12.5. The molecule has 2 aromatic rings. The maximum absolute atomic E-state index is 12.9. The first-order valence-corrected chi connectivity index (χ1v) is 9.67. The summed E-state index contributed by atoms with van der Waals surface area (Å²) in [4.78, 5) is 27.6. The van der Waals surface area contributed by atoms with Gasteiger partial charge in [-0.3, -0.25) is 9.36 Å². The minimum Gasteiger partial charge on any atom is -0.338 e. The molecular formula is C19H25ClN4O2. The second-order valence-corrected chi connectivity index (χ2v) is 7.18. The molecule has 3 rings (SSSR count). The third-order valence-electron chi connectivity index (χ3n) is 4.55. The number of hydrogen-bond acceptors (Lipinski definition) is 3. The molecule has 0 saturated heterocycles. The molecule has 1 aliphatic carbocycles. The Balaban J connectivity index is 1.91. The third-order valence-corrected chi connectivity index (χ3v) is 4.80. The van der Waals surface area contributed by atoms with Gasteiger partial charge in [0.2, 0.25) is 5.91 Å². The van der Waals surface area contributed by atoms with Gasteiger partial charge >= 0.3 is 5.69 Å². The van der Waals surface area contributed by atoms with Crippen molar-refractivity contribution in [1.29, 1.82) is 0 Å². The number of benzene rings is 1. The van der Waals surface area contributed by atoms with Gasteiger partial charge in [0.05, 0.1) is 5.69 Å². The van der Waals surface area contributed by atoms with E-state index in [1.807, 2.05) is 11.8 Å². The Bertz CT molecular complexity index is 821. The largest absolute Gasteiger partial charge is 0.351 e. The van der Waals surface area contributed by atoms with Gasteiger partial charge in [-0.15, -0.1) is 5.10 Å². The molecule has 1 aromatic heterocycles. The number of aryl methyl sites for hydroxylation is 1. The standard InChI is InChI=1S/C19H25ClN4O2/c1-3-5-17-21-24(16-8-6-14(20)7-9-16)19(26)23(17)13-18(25)22(12-4-2)15-10-11-15/h6-9,15H,3-5,10-13H2,1-2H3. The van der Waals surface area contributed by atoms with Gasteiger partial charge < -0.3 is 4.90 Å². The summed E-state index contributed by atoms with van der Waals surface area (Å²) < 4.78 is 2.88. The average Bonchev–Trinajstić information content (AvgIpc) is 3.42. The molecule has 1 aliphatic rings. The molecular weight excluding hydrogens is 352 g/mol. The number of nitrogens with zero attached hydrogens (tertiary/aromatic N) is 4. The first-order valence-electron chi connectivity index (χ1n) is 9.29. The highest BCUT2D eigenvalue weighted by Gasteiger charge is 2.32. The summed E-state index contributed by atoms with van der Waals surface area (Å²) >= 11 is 5.93. The van der Waals surface area contributed by atoms with E-state index in [2.05, 4.69) is 12.0 Å². The number of rotatable bonds is 8. The van der Waals surface area contributed by atoms with Gasteiger partial charge in [-0.25, -0.2) is 4.79 Å². The van der Waals surface area contributed by atoms with Gasteiger partial charge in [-0.1, -0.05) is 25.4 Å². The fourth-order valence-electron chi connectivity index (χ4n) is 3.12. The normalized spacial score (nSPS) is 13.8. The van der Waals surface area contributed by atoms with E-state index in [9.17, 15) is 9.59 Å². The van der Waals surface area contributed by atoms with E-state index in [0.29, 0.717) is 29.0 Å². The van der Waals surface area contributed by atoms with Gasteiger partial charge in [0.1, 0.15) is 12.4 Å². The maximum atomic E-state index is 12.9. The van der Waals surface area contributed by atoms with Crippen LogP contribution in [0.2, 0.25) is 5.02 Å². The molecule has 26 heavy (non-hydrogen) atoms. The summed E-state index contributed by atoms with van der Waals surface area (Å²) in [5.74, 6) is 0.650. The zero-order valence-corrected chi connectivity index (χ0v) is 16.1. The fourth-order valence-corrected chi connectivity index (χ4v) is 3.24. The predicted octanol–water partition coefficient (Wildman–Crippen LogP) is 3.04. The summed E-state index contributed by atoms with van der Waals surface area (Å²) in [6.45, 7) is 4.90. The van der Waals surface area contributed by atoms with Crippen LogP contribution in [0.4, 0.5) is 0 Å². The van der Waals surface area contributed by atoms with Crippen molar-refractivity contribution in [2.75, 3.05) is 6.54 Å². The van der Waals surface area contributed by atoms with E-state index in [-0.39, 0.29) is 18.1 Å². The van der Waals surface area contributed by atoms with Crippen LogP contribution in [0.25, 0.3) is 5.69 Å². The van der Waals surface area contributed by atoms with Crippen molar-refractivity contribution in [3.63, 3.8) is 0 Å². The second-order valence-electron chi connectivity index (χ2n) is 6.74. The lowest BCUT2D eigenvalue weighted by Gasteiger charge is -2.22. The number of aromatic nitrogens is 3. The lowest BCUT2D eigenvalue weighted by Crippen LogP contribution is -2.39. The maximum Gasteiger partial charge on any atom is 0.351 e. The van der Waals surface area contributed by atoms with Crippen LogP contribution >= 0.6 is 11.6 Å². The molecule has 1 saturated carbocycles. The molecule has 0 unspecified atom stereocenters. The Kier molecular flexibility index (Phi) is 5.81. The quantitative estimate of drug-likeness (QED) is 0.711. The molecule has 0 spiro atoms. The van der Waals surface area contributed by atoms with Crippen molar-refractivity contribution >= 4 is 17.5 Å². The van der Waals surface area contributed by atoms with Gasteiger partial charge in [0, 0.05) is 24.0 Å². The van der Waals surface area contributed by atoms with Crippen LogP contribution in [0.1, 0.15) is 45.4 Å². The van der Waals surface area contributed by atoms with Crippen molar-refractivity contribution in [1.82, 2.24) is 19.2 Å². The van der Waals surface area contributed by atoms with Crippen molar-refractivity contribution in [2.45, 2.75) is 58.5 Å². The number of hydrogen-bond donors (Lipinski definition) is 0. The Hall–Kier alpha value is -2.08. The van der Waals surface area contributed by atoms with Crippen LogP contribution in [-0.4, -0.2) is 37.7 Å². The van der Waals surface area contributed by atoms with Crippen LogP contribution in [0.15, 0.2) is 29.1 Å². The number of carbonyl (C=O) groups is 1. The van der Waals surface area contributed by atoms with Crippen molar-refractivity contribution < 1.29 is 4.79 Å². The van der Waals surface area contributed by atoms with Crippen LogP contribution in [-0.2, 0) is 17.8 Å². The third kappa shape index (κ3) is 4.01. The smallest absolute Gasteiger partial charge is 0.338 e. The van der Waals surface area contributed by atoms with Crippen LogP contribution in [0.5, 0.6) is 0 Å². The molecule has 0 radical (unpaired) electrons. The molecule has 7 heteroatoms. The molecule has 1 aromatic carbocycles. The van der Waals surface area contributed by atoms with E-state index in [0.717, 1.165) is 32.2 Å². The van der Waals surface area contributed by atoms with Crippen molar-refractivity contribution in [2.24, 2.45) is 0 Å². The summed E-state index contributed by atoms with van der Waals surface area (Å²) in [5, 5.41) is 5.07. The Morgan fingerprint density at radius 2 is 1.92 bits per heavy atom. The molecule has 0 N–H and O–H groups in total. The summed E-state index contributed by atoms with van der Waals surface area (Å²) in [6.07, 6.45) is 4.55. The van der Waals surface area contributed by atoms with E-state index in [4.69, 9.17) is 11.6 Å². The van der Waals surface area contributed by atoms with Gasteiger partial charge in [-0.2, -0.15) is 4.68 Å². The molecule has 1 heterocycles. The minimum atomic E-state index is -0.281. The number of amides is 1. The fraction of sp³-hybridized carbons (Fsp3) is 0.526. The highest BCUT2D eigenvalue weighted by atomic mass is 35.5. The summed E-state index contributed by atoms with van der Waals surface area (Å²) in [6, 6.07) is 7.31. The zero-order chi connectivity index (χ0) is 18.7. The minimum absolute atomic E-state index is 0.00413. The van der Waals surface area contributed by atoms with Gasteiger partial charge in [-0.05, 0) is 49.9 Å². The summed E-state index contributed by atoms with van der Waals surface area (Å²) in [5.41, 5.74) is 0.368. The molecule has 0 aliphatic heterocycles. The lowest BCUT2D eigenvalue weighted by atomic mass is 10.3. The van der Waals surface area contributed by atoms with Crippen LogP contribution < -0.4 is 5.69 Å². The highest BCUT2D eigenvalue weighted by molar-refractivity contribution is 6.30. The van der Waals surface area contributed by atoms with E-state index in [1.54, 1.807) is 24.3 Å². The Morgan fingerprint density at radius 1 is 1.23 bits per heavy atom. The molecule has 1 fully saturated rings. The second kappa shape index (κ2) is 8.08. The van der Waals surface area contributed by atoms with E-state index >= 15 is 0 Å². The predicted molar refractivity (Wildman–Crippen MR) is 102 cm³/mol. The molecule has 0 atom stereocenters. The number of carbonyl (C=O) groups excluding carboxylic acids is 1. The number of halogens is 1. The van der Waals surface area contributed by atoms with Gasteiger partial charge in [0.25, 0.3) is 0 Å². The van der Waals surface area contributed by atoms with Crippen molar-refractivity contribution in [3.05, 3.63) is 45.6 Å². The van der Waals surface area contributed by atoms with Crippen molar-refractivity contribution in [3.8, 4) is 5.69 Å². The Labute approximate surface area is 158 Å². The SMILES string of the molecule is CCCc1nn(-c2ccc(Cl)cc2)c(=O)n1CC(=O)N(CCC)C1CC1. The first kappa shape index (κ1) is 18.7. The van der Waals surface area contributed by atoms with Crippen LogP contribution in [0.3, 0.4) is 0 Å². The molecule has 1 amide bonds.